The summed E-state index contributed by atoms with van der Waals surface area (Å²) < 4.78 is 7.88. The van der Waals surface area contributed by atoms with Crippen LogP contribution in [-0.2, 0) is 13.0 Å². The summed E-state index contributed by atoms with van der Waals surface area (Å²) in [5.41, 5.74) is 2.01. The fourth-order valence-corrected chi connectivity index (χ4v) is 2.52. The van der Waals surface area contributed by atoms with Crippen LogP contribution in [0.1, 0.15) is 23.9 Å². The number of halogens is 1. The number of hydrogen-bond acceptors (Lipinski definition) is 4. The Kier molecular flexibility index (Phi) is 5.63. The van der Waals surface area contributed by atoms with Crippen LogP contribution in [-0.4, -0.2) is 21.1 Å². The zero-order valence-corrected chi connectivity index (χ0v) is 15.2. The molecule has 0 radical (unpaired) electrons. The highest BCUT2D eigenvalue weighted by atomic mass is 35.5. The van der Waals surface area contributed by atoms with Crippen molar-refractivity contribution < 1.29 is 4.74 Å². The first-order valence-electron chi connectivity index (χ1n) is 7.83. The Morgan fingerprint density at radius 2 is 1.92 bits per heavy atom. The summed E-state index contributed by atoms with van der Waals surface area (Å²) in [4.78, 5) is 0. The van der Waals surface area contributed by atoms with Crippen molar-refractivity contribution in [1.82, 2.24) is 14.9 Å². The zero-order valence-electron chi connectivity index (χ0n) is 13.6. The Balaban J connectivity index is 1.64. The third-order valence-corrected chi connectivity index (χ3v) is 4.07. The molecule has 1 N–H and O–H groups in total. The summed E-state index contributed by atoms with van der Waals surface area (Å²) in [5, 5.41) is 12.0. The van der Waals surface area contributed by atoms with E-state index in [0.717, 1.165) is 34.1 Å². The fraction of sp³-hybridized carbons (Fsp3) is 0.167. The van der Waals surface area contributed by atoms with Gasteiger partial charge in [-0.2, -0.15) is 14.9 Å². The number of H-pyrrole nitrogens is 1. The van der Waals surface area contributed by atoms with Crippen LogP contribution in [0.25, 0.3) is 0 Å². The number of aryl methyl sites for hydroxylation is 1. The van der Waals surface area contributed by atoms with Crippen LogP contribution >= 0.6 is 23.8 Å². The number of aromatic amines is 1. The molecule has 0 unspecified atom stereocenters. The lowest BCUT2D eigenvalue weighted by molar-refractivity contribution is 0.306. The number of aromatic nitrogens is 3. The van der Waals surface area contributed by atoms with Crippen LogP contribution < -0.4 is 4.74 Å². The minimum atomic E-state index is 0.482. The van der Waals surface area contributed by atoms with Crippen molar-refractivity contribution >= 4 is 30.0 Å². The number of nitrogens with zero attached hydrogens (tertiary/aromatic N) is 3. The lowest BCUT2D eigenvalue weighted by Gasteiger charge is -2.06. The van der Waals surface area contributed by atoms with Gasteiger partial charge in [-0.3, -0.25) is 5.10 Å². The standard InChI is InChI=1S/C18H17ClN4OS/c1-2-17-21-22-18(25)23(17)20-11-13-5-9-16(10-6-13)24-12-14-3-7-15(19)8-4-14/h3-11H,2,12H2,1H3,(H,22,25)/b20-11+. The van der Waals surface area contributed by atoms with E-state index in [1.807, 2.05) is 55.5 Å². The van der Waals surface area contributed by atoms with Crippen LogP contribution in [0.15, 0.2) is 53.6 Å². The van der Waals surface area contributed by atoms with E-state index in [-0.39, 0.29) is 0 Å². The number of hydrogen-bond donors (Lipinski definition) is 1. The van der Waals surface area contributed by atoms with Gasteiger partial charge in [-0.05, 0) is 59.7 Å². The maximum absolute atomic E-state index is 5.87. The average molecular weight is 373 g/mol. The molecule has 0 aliphatic heterocycles. The molecule has 0 aliphatic carbocycles. The van der Waals surface area contributed by atoms with E-state index in [2.05, 4.69) is 15.3 Å². The van der Waals surface area contributed by atoms with Crippen LogP contribution in [0.4, 0.5) is 0 Å². The molecule has 0 spiro atoms. The molecule has 5 nitrogen and oxygen atoms in total. The summed E-state index contributed by atoms with van der Waals surface area (Å²) in [6, 6.07) is 15.3. The van der Waals surface area contributed by atoms with Gasteiger partial charge in [0.1, 0.15) is 12.4 Å². The second kappa shape index (κ2) is 8.09. The smallest absolute Gasteiger partial charge is 0.216 e. The Morgan fingerprint density at radius 3 is 2.60 bits per heavy atom. The van der Waals surface area contributed by atoms with Gasteiger partial charge in [0.25, 0.3) is 0 Å². The normalized spacial score (nSPS) is 11.1. The molecular weight excluding hydrogens is 356 g/mol. The van der Waals surface area contributed by atoms with Gasteiger partial charge in [-0.1, -0.05) is 30.7 Å². The topological polar surface area (TPSA) is 55.2 Å². The molecule has 0 amide bonds. The Labute approximate surface area is 155 Å². The number of benzene rings is 2. The van der Waals surface area contributed by atoms with Gasteiger partial charge in [0.15, 0.2) is 5.82 Å². The summed E-state index contributed by atoms with van der Waals surface area (Å²) in [6.07, 6.45) is 2.50. The summed E-state index contributed by atoms with van der Waals surface area (Å²) in [7, 11) is 0. The third kappa shape index (κ3) is 4.55. The molecule has 2 aromatic carbocycles. The number of ether oxygens (including phenoxy) is 1. The van der Waals surface area contributed by atoms with Gasteiger partial charge in [0.2, 0.25) is 4.77 Å². The summed E-state index contributed by atoms with van der Waals surface area (Å²) in [5.74, 6) is 1.59. The van der Waals surface area contributed by atoms with E-state index in [1.165, 1.54) is 0 Å². The van der Waals surface area contributed by atoms with Crippen molar-refractivity contribution in [2.24, 2.45) is 5.10 Å². The summed E-state index contributed by atoms with van der Waals surface area (Å²) >= 11 is 11.0. The van der Waals surface area contributed by atoms with Gasteiger partial charge < -0.3 is 4.74 Å². The molecule has 0 fully saturated rings. The Bertz CT molecular complexity index is 913. The largest absolute Gasteiger partial charge is 0.489 e. The van der Waals surface area contributed by atoms with E-state index in [1.54, 1.807) is 10.9 Å². The predicted molar refractivity (Wildman–Crippen MR) is 102 cm³/mol. The molecule has 0 atom stereocenters. The molecule has 3 rings (SSSR count). The number of rotatable bonds is 6. The van der Waals surface area contributed by atoms with Crippen molar-refractivity contribution in [3.63, 3.8) is 0 Å². The monoisotopic (exact) mass is 372 g/mol. The molecule has 1 aromatic heterocycles. The SMILES string of the molecule is CCc1n[nH]c(=S)n1/N=C/c1ccc(OCc2ccc(Cl)cc2)cc1. The maximum Gasteiger partial charge on any atom is 0.216 e. The summed E-state index contributed by atoms with van der Waals surface area (Å²) in [6.45, 7) is 2.50. The molecule has 0 bridgehead atoms. The minimum Gasteiger partial charge on any atom is -0.489 e. The average Bonchev–Trinajstić information content (AvgIpc) is 3.00. The second-order valence-electron chi connectivity index (χ2n) is 5.34. The van der Waals surface area contributed by atoms with Gasteiger partial charge in [0, 0.05) is 11.4 Å². The maximum atomic E-state index is 5.87. The quantitative estimate of drug-likeness (QED) is 0.507. The fourth-order valence-electron chi connectivity index (χ4n) is 2.19. The van der Waals surface area contributed by atoms with Crippen LogP contribution in [0.2, 0.25) is 5.02 Å². The lowest BCUT2D eigenvalue weighted by atomic mass is 10.2. The van der Waals surface area contributed by atoms with E-state index in [9.17, 15) is 0 Å². The Hall–Kier alpha value is -2.44. The van der Waals surface area contributed by atoms with Gasteiger partial charge in [0.05, 0.1) is 6.21 Å². The first-order valence-corrected chi connectivity index (χ1v) is 8.62. The molecule has 0 saturated heterocycles. The van der Waals surface area contributed by atoms with Gasteiger partial charge in [-0.15, -0.1) is 0 Å². The van der Waals surface area contributed by atoms with Gasteiger partial charge >= 0.3 is 0 Å². The predicted octanol–water partition coefficient (Wildman–Crippen LogP) is 4.62. The molecule has 25 heavy (non-hydrogen) atoms. The van der Waals surface area contributed by atoms with Crippen molar-refractivity contribution in [3.8, 4) is 5.75 Å². The van der Waals surface area contributed by atoms with E-state index < -0.39 is 0 Å². The van der Waals surface area contributed by atoms with E-state index in [0.29, 0.717) is 11.4 Å². The second-order valence-corrected chi connectivity index (χ2v) is 6.16. The zero-order chi connectivity index (χ0) is 17.6. The lowest BCUT2D eigenvalue weighted by Crippen LogP contribution is -1.98. The first-order chi connectivity index (χ1) is 12.2. The first kappa shape index (κ1) is 17.4. The Morgan fingerprint density at radius 1 is 1.20 bits per heavy atom. The highest BCUT2D eigenvalue weighted by molar-refractivity contribution is 7.71. The highest BCUT2D eigenvalue weighted by Gasteiger charge is 2.01. The van der Waals surface area contributed by atoms with Crippen molar-refractivity contribution in [3.05, 3.63) is 75.3 Å². The van der Waals surface area contributed by atoms with Crippen LogP contribution in [0.3, 0.4) is 0 Å². The van der Waals surface area contributed by atoms with Crippen LogP contribution in [0, 0.1) is 4.77 Å². The van der Waals surface area contributed by atoms with Crippen molar-refractivity contribution in [2.75, 3.05) is 0 Å². The molecule has 128 valence electrons. The molecule has 0 aliphatic rings. The molecule has 1 heterocycles. The molecule has 0 saturated carbocycles. The molecular formula is C18H17ClN4OS. The molecule has 3 aromatic rings. The van der Waals surface area contributed by atoms with Crippen molar-refractivity contribution in [2.45, 2.75) is 20.0 Å². The highest BCUT2D eigenvalue weighted by Crippen LogP contribution is 2.15. The van der Waals surface area contributed by atoms with Crippen molar-refractivity contribution in [1.29, 1.82) is 0 Å². The van der Waals surface area contributed by atoms with E-state index >= 15 is 0 Å². The van der Waals surface area contributed by atoms with E-state index in [4.69, 9.17) is 28.6 Å². The number of nitrogens with one attached hydrogen (secondary N) is 1. The van der Waals surface area contributed by atoms with Crippen LogP contribution in [0.5, 0.6) is 5.75 Å². The minimum absolute atomic E-state index is 0.482. The van der Waals surface area contributed by atoms with Gasteiger partial charge in [-0.25, -0.2) is 0 Å². The molecule has 7 heteroatoms. The third-order valence-electron chi connectivity index (χ3n) is 3.55.